The molecule has 1 saturated heterocycles. The number of hydrogen-bond donors (Lipinski definition) is 4. The number of rotatable bonds is 7. The van der Waals surface area contributed by atoms with E-state index < -0.39 is 6.10 Å². The molecule has 1 amide bonds. The minimum atomic E-state index is -0.474. The minimum absolute atomic E-state index is 0.0141. The largest absolute Gasteiger partial charge is 0.385 e. The van der Waals surface area contributed by atoms with E-state index in [2.05, 4.69) is 5.43 Å². The number of aliphatic hydroxyl groups is 1. The minimum Gasteiger partial charge on any atom is -0.385 e. The molecule has 0 saturated carbocycles. The molecule has 0 radical (unpaired) electrons. The van der Waals surface area contributed by atoms with Crippen LogP contribution in [0.5, 0.6) is 0 Å². The number of ether oxygens (including phenoxy) is 1. The van der Waals surface area contributed by atoms with E-state index in [1.165, 1.54) is 4.90 Å². The van der Waals surface area contributed by atoms with Crippen molar-refractivity contribution in [3.63, 3.8) is 0 Å². The predicted octanol–water partition coefficient (Wildman–Crippen LogP) is -1.15. The number of nitrogens with one attached hydrogen (secondary N) is 2. The molecule has 1 heterocycles. The SMILES string of the molecule is NNC(=O)C1CC[NH+](CC(O)COCc2ccccc2)CC1. The molecule has 5 N–H and O–H groups in total. The van der Waals surface area contributed by atoms with Gasteiger partial charge in [-0.05, 0) is 5.56 Å². The summed E-state index contributed by atoms with van der Waals surface area (Å²) in [6.07, 6.45) is 1.16. The lowest BCUT2D eigenvalue weighted by molar-refractivity contribution is -0.908. The monoisotopic (exact) mass is 308 g/mol. The van der Waals surface area contributed by atoms with Crippen molar-refractivity contribution in [3.8, 4) is 0 Å². The molecule has 1 aromatic carbocycles. The summed E-state index contributed by atoms with van der Waals surface area (Å²) in [6, 6.07) is 9.92. The predicted molar refractivity (Wildman–Crippen MR) is 82.7 cm³/mol. The second-order valence-electron chi connectivity index (χ2n) is 5.89. The second-order valence-corrected chi connectivity index (χ2v) is 5.89. The fourth-order valence-corrected chi connectivity index (χ4v) is 2.89. The van der Waals surface area contributed by atoms with Crippen LogP contribution in [-0.4, -0.2) is 43.4 Å². The smallest absolute Gasteiger partial charge is 0.237 e. The van der Waals surface area contributed by atoms with Crippen molar-refractivity contribution < 1.29 is 19.5 Å². The van der Waals surface area contributed by atoms with Crippen LogP contribution in [0.15, 0.2) is 30.3 Å². The van der Waals surface area contributed by atoms with Gasteiger partial charge in [0.1, 0.15) is 12.6 Å². The Labute approximate surface area is 131 Å². The van der Waals surface area contributed by atoms with Gasteiger partial charge >= 0.3 is 0 Å². The summed E-state index contributed by atoms with van der Waals surface area (Å²) in [5.74, 6) is 5.09. The molecule has 0 bridgehead atoms. The van der Waals surface area contributed by atoms with E-state index in [0.717, 1.165) is 31.5 Å². The Morgan fingerprint density at radius 1 is 1.36 bits per heavy atom. The standard InChI is InChI=1S/C16H25N3O3/c17-18-16(21)14-6-8-19(9-7-14)10-15(20)12-22-11-13-4-2-1-3-5-13/h1-5,14-15,20H,6-12,17H2,(H,18,21)/p+1. The molecule has 0 aliphatic carbocycles. The molecule has 6 heteroatoms. The van der Waals surface area contributed by atoms with Crippen LogP contribution in [0.1, 0.15) is 18.4 Å². The fourth-order valence-electron chi connectivity index (χ4n) is 2.89. The summed E-state index contributed by atoms with van der Waals surface area (Å²) >= 11 is 0. The maximum absolute atomic E-state index is 11.5. The average molecular weight is 308 g/mol. The van der Waals surface area contributed by atoms with Crippen LogP contribution in [0.3, 0.4) is 0 Å². The highest BCUT2D eigenvalue weighted by Gasteiger charge is 2.28. The normalized spacial score (nSPS) is 23.0. The van der Waals surface area contributed by atoms with Crippen LogP contribution in [0, 0.1) is 5.92 Å². The third-order valence-electron chi connectivity index (χ3n) is 4.15. The van der Waals surface area contributed by atoms with E-state index in [0.29, 0.717) is 19.8 Å². The summed E-state index contributed by atoms with van der Waals surface area (Å²) in [4.78, 5) is 12.8. The van der Waals surface area contributed by atoms with Crippen molar-refractivity contribution in [2.45, 2.75) is 25.6 Å². The zero-order valence-electron chi connectivity index (χ0n) is 12.8. The van der Waals surface area contributed by atoms with Crippen molar-refractivity contribution in [3.05, 3.63) is 35.9 Å². The molecule has 6 nitrogen and oxygen atoms in total. The number of quaternary nitrogens is 1. The first-order chi connectivity index (χ1) is 10.7. The molecule has 2 rings (SSSR count). The highest BCUT2D eigenvalue weighted by atomic mass is 16.5. The molecule has 22 heavy (non-hydrogen) atoms. The first-order valence-corrected chi connectivity index (χ1v) is 7.82. The van der Waals surface area contributed by atoms with Crippen LogP contribution in [-0.2, 0) is 16.1 Å². The van der Waals surface area contributed by atoms with Gasteiger partial charge in [0, 0.05) is 18.8 Å². The molecule has 1 atom stereocenters. The lowest BCUT2D eigenvalue weighted by Gasteiger charge is -2.29. The van der Waals surface area contributed by atoms with Crippen molar-refractivity contribution in [1.82, 2.24) is 5.43 Å². The Hall–Kier alpha value is -1.47. The Morgan fingerprint density at radius 3 is 2.68 bits per heavy atom. The zero-order valence-corrected chi connectivity index (χ0v) is 12.8. The van der Waals surface area contributed by atoms with Gasteiger partial charge in [0.25, 0.3) is 0 Å². The number of carbonyl (C=O) groups excluding carboxylic acids is 1. The number of hydrazine groups is 1. The average Bonchev–Trinajstić information content (AvgIpc) is 2.56. The topological polar surface area (TPSA) is 89.0 Å². The molecule has 1 aliphatic rings. The van der Waals surface area contributed by atoms with E-state index in [4.69, 9.17) is 10.6 Å². The van der Waals surface area contributed by atoms with Gasteiger partial charge < -0.3 is 14.7 Å². The first-order valence-electron chi connectivity index (χ1n) is 7.82. The van der Waals surface area contributed by atoms with Crippen LogP contribution in [0.2, 0.25) is 0 Å². The van der Waals surface area contributed by atoms with E-state index in [1.54, 1.807) is 0 Å². The Balaban J connectivity index is 1.61. The highest BCUT2D eigenvalue weighted by Crippen LogP contribution is 2.08. The molecule has 1 aromatic rings. The zero-order chi connectivity index (χ0) is 15.8. The van der Waals surface area contributed by atoms with Gasteiger partial charge in [0.2, 0.25) is 5.91 Å². The van der Waals surface area contributed by atoms with Crippen LogP contribution in [0.25, 0.3) is 0 Å². The quantitative estimate of drug-likeness (QED) is 0.291. The van der Waals surface area contributed by atoms with Gasteiger partial charge in [-0.15, -0.1) is 0 Å². The van der Waals surface area contributed by atoms with Gasteiger partial charge in [-0.2, -0.15) is 0 Å². The number of piperidine rings is 1. The molecular weight excluding hydrogens is 282 g/mol. The van der Waals surface area contributed by atoms with Gasteiger partial charge in [0.15, 0.2) is 0 Å². The molecule has 0 spiro atoms. The number of aliphatic hydroxyl groups excluding tert-OH is 1. The molecule has 1 unspecified atom stereocenters. The van der Waals surface area contributed by atoms with Crippen LogP contribution in [0.4, 0.5) is 0 Å². The van der Waals surface area contributed by atoms with Gasteiger partial charge in [-0.25, -0.2) is 5.84 Å². The van der Waals surface area contributed by atoms with E-state index in [-0.39, 0.29) is 11.8 Å². The number of hydrogen-bond acceptors (Lipinski definition) is 4. The van der Waals surface area contributed by atoms with Crippen LogP contribution >= 0.6 is 0 Å². The first kappa shape index (κ1) is 16.9. The van der Waals surface area contributed by atoms with Crippen molar-refractivity contribution in [1.29, 1.82) is 0 Å². The number of benzene rings is 1. The number of carbonyl (C=O) groups is 1. The summed E-state index contributed by atoms with van der Waals surface area (Å²) in [5.41, 5.74) is 3.32. The van der Waals surface area contributed by atoms with E-state index in [9.17, 15) is 9.90 Å². The third-order valence-corrected chi connectivity index (χ3v) is 4.15. The van der Waals surface area contributed by atoms with Gasteiger partial charge in [0.05, 0.1) is 26.3 Å². The van der Waals surface area contributed by atoms with E-state index in [1.807, 2.05) is 30.3 Å². The number of amides is 1. The lowest BCUT2D eigenvalue weighted by atomic mass is 9.96. The summed E-state index contributed by atoms with van der Waals surface area (Å²) in [6.45, 7) is 3.28. The lowest BCUT2D eigenvalue weighted by Crippen LogP contribution is -3.14. The number of likely N-dealkylation sites (tertiary alicyclic amines) is 1. The fraction of sp³-hybridized carbons (Fsp3) is 0.562. The van der Waals surface area contributed by atoms with Gasteiger partial charge in [-0.1, -0.05) is 30.3 Å². The maximum atomic E-state index is 11.5. The number of nitrogens with two attached hydrogens (primary N) is 1. The summed E-state index contributed by atoms with van der Waals surface area (Å²) in [7, 11) is 0. The maximum Gasteiger partial charge on any atom is 0.237 e. The van der Waals surface area contributed by atoms with Crippen molar-refractivity contribution in [2.75, 3.05) is 26.2 Å². The molecule has 1 fully saturated rings. The highest BCUT2D eigenvalue weighted by molar-refractivity contribution is 5.77. The Kier molecular flexibility index (Phi) is 6.79. The summed E-state index contributed by atoms with van der Waals surface area (Å²) in [5, 5.41) is 10.1. The third kappa shape index (κ3) is 5.38. The molecule has 0 aromatic heterocycles. The molecular formula is C16H26N3O3+. The molecule has 122 valence electrons. The van der Waals surface area contributed by atoms with Crippen molar-refractivity contribution in [2.24, 2.45) is 11.8 Å². The Morgan fingerprint density at radius 2 is 2.05 bits per heavy atom. The molecule has 1 aliphatic heterocycles. The van der Waals surface area contributed by atoms with Gasteiger partial charge in [-0.3, -0.25) is 10.2 Å². The summed E-state index contributed by atoms with van der Waals surface area (Å²) < 4.78 is 5.56. The van der Waals surface area contributed by atoms with Crippen LogP contribution < -0.4 is 16.2 Å². The second kappa shape index (κ2) is 8.85. The van der Waals surface area contributed by atoms with E-state index >= 15 is 0 Å². The van der Waals surface area contributed by atoms with Crippen molar-refractivity contribution >= 4 is 5.91 Å². The Bertz CT molecular complexity index is 447.